The molecule has 33 heavy (non-hydrogen) atoms. The number of benzene rings is 2. The molecule has 1 aliphatic carbocycles. The second kappa shape index (κ2) is 11.7. The quantitative estimate of drug-likeness (QED) is 0.559. The first-order valence-corrected chi connectivity index (χ1v) is 12.3. The Hall–Kier alpha value is -0.880. The van der Waals surface area contributed by atoms with E-state index >= 15 is 0 Å². The number of hydrogen-bond donors (Lipinski definition) is 1. The standard InChI is InChI=1S/C25H31Cl2N3O.2ClH/c26-21-6-2-7-22(25(21)27)30-14-11-28(12-15-30)10-13-29-9-3-5-19-16-20-18(17-23(19)29)4-1-8-24(20)31;;/h1-2,4,6-8,19,23,31H,3,5,9-17H2;2*1H/t19-,23-;;/m0../s1. The first kappa shape index (κ1) is 26.7. The van der Waals surface area contributed by atoms with Crippen molar-refractivity contribution in [1.82, 2.24) is 9.80 Å². The summed E-state index contributed by atoms with van der Waals surface area (Å²) >= 11 is 12.6. The maximum atomic E-state index is 10.3. The predicted molar refractivity (Wildman–Crippen MR) is 143 cm³/mol. The zero-order valence-electron chi connectivity index (χ0n) is 18.8. The lowest BCUT2D eigenvalue weighted by Gasteiger charge is -2.46. The maximum Gasteiger partial charge on any atom is 0.119 e. The van der Waals surface area contributed by atoms with Crippen LogP contribution in [0.15, 0.2) is 36.4 Å². The number of phenols is 1. The van der Waals surface area contributed by atoms with E-state index < -0.39 is 0 Å². The Balaban J connectivity index is 0.00000153. The number of anilines is 1. The van der Waals surface area contributed by atoms with Crippen LogP contribution in [0, 0.1) is 5.92 Å². The van der Waals surface area contributed by atoms with Crippen LogP contribution in [0.25, 0.3) is 0 Å². The number of piperazine rings is 1. The Labute approximate surface area is 219 Å². The molecular weight excluding hydrogens is 500 g/mol. The summed E-state index contributed by atoms with van der Waals surface area (Å²) in [6, 6.07) is 12.6. The fourth-order valence-corrected chi connectivity index (χ4v) is 6.19. The molecule has 0 bridgehead atoms. The Morgan fingerprint density at radius 3 is 2.42 bits per heavy atom. The molecule has 2 aromatic rings. The van der Waals surface area contributed by atoms with Crippen molar-refractivity contribution in [3.05, 3.63) is 57.6 Å². The smallest absolute Gasteiger partial charge is 0.119 e. The van der Waals surface area contributed by atoms with Crippen LogP contribution in [-0.4, -0.2) is 66.8 Å². The fourth-order valence-electron chi connectivity index (χ4n) is 5.78. The number of fused-ring (bicyclic) bond motifs is 2. The topological polar surface area (TPSA) is 30.0 Å². The van der Waals surface area contributed by atoms with Gasteiger partial charge in [-0.05, 0) is 67.5 Å². The van der Waals surface area contributed by atoms with Crippen molar-refractivity contribution in [2.24, 2.45) is 5.92 Å². The van der Waals surface area contributed by atoms with Crippen LogP contribution in [0.5, 0.6) is 5.75 Å². The van der Waals surface area contributed by atoms with E-state index in [1.807, 2.05) is 24.3 Å². The molecule has 0 aromatic heterocycles. The number of rotatable bonds is 4. The monoisotopic (exact) mass is 531 g/mol. The van der Waals surface area contributed by atoms with Crippen molar-refractivity contribution in [1.29, 1.82) is 0 Å². The van der Waals surface area contributed by atoms with Gasteiger partial charge in [0.25, 0.3) is 0 Å². The highest BCUT2D eigenvalue weighted by molar-refractivity contribution is 6.43. The summed E-state index contributed by atoms with van der Waals surface area (Å²) in [5, 5.41) is 11.6. The molecule has 2 aromatic carbocycles. The Morgan fingerprint density at radius 1 is 0.879 bits per heavy atom. The van der Waals surface area contributed by atoms with Gasteiger partial charge in [0.05, 0.1) is 15.7 Å². The van der Waals surface area contributed by atoms with Gasteiger partial charge >= 0.3 is 0 Å². The third kappa shape index (κ3) is 5.69. The number of piperidine rings is 1. The number of phenolic OH excluding ortho intramolecular Hbond substituents is 1. The molecule has 2 fully saturated rings. The highest BCUT2D eigenvalue weighted by Crippen LogP contribution is 2.38. The summed E-state index contributed by atoms with van der Waals surface area (Å²) in [5.41, 5.74) is 3.60. The van der Waals surface area contributed by atoms with Crippen LogP contribution >= 0.6 is 48.0 Å². The van der Waals surface area contributed by atoms with E-state index in [1.54, 1.807) is 0 Å². The van der Waals surface area contributed by atoms with Crippen molar-refractivity contribution in [2.45, 2.75) is 31.7 Å². The molecule has 2 saturated heterocycles. The van der Waals surface area contributed by atoms with Crippen LogP contribution < -0.4 is 4.90 Å². The molecule has 0 saturated carbocycles. The summed E-state index contributed by atoms with van der Waals surface area (Å²) < 4.78 is 0. The zero-order valence-corrected chi connectivity index (χ0v) is 21.9. The molecule has 182 valence electrons. The lowest BCUT2D eigenvalue weighted by Crippen LogP contribution is -2.53. The minimum atomic E-state index is 0. The van der Waals surface area contributed by atoms with Gasteiger partial charge in [-0.1, -0.05) is 41.4 Å². The van der Waals surface area contributed by atoms with E-state index in [-0.39, 0.29) is 24.8 Å². The highest BCUT2D eigenvalue weighted by atomic mass is 35.5. The van der Waals surface area contributed by atoms with Gasteiger partial charge in [0.2, 0.25) is 0 Å². The molecule has 0 unspecified atom stereocenters. The Kier molecular flexibility index (Phi) is 9.47. The van der Waals surface area contributed by atoms with Crippen LogP contribution in [0.4, 0.5) is 5.69 Å². The summed E-state index contributed by atoms with van der Waals surface area (Å²) in [4.78, 5) is 7.66. The van der Waals surface area contributed by atoms with E-state index in [0.717, 1.165) is 57.8 Å². The van der Waals surface area contributed by atoms with Gasteiger partial charge in [0.15, 0.2) is 0 Å². The lowest BCUT2D eigenvalue weighted by molar-refractivity contribution is 0.0722. The third-order valence-electron chi connectivity index (χ3n) is 7.52. The molecule has 1 N–H and O–H groups in total. The van der Waals surface area contributed by atoms with Crippen molar-refractivity contribution in [3.63, 3.8) is 0 Å². The van der Waals surface area contributed by atoms with Crippen LogP contribution in [0.1, 0.15) is 24.0 Å². The second-order valence-corrected chi connectivity index (χ2v) is 10.0. The molecule has 2 atom stereocenters. The number of halogens is 4. The summed E-state index contributed by atoms with van der Waals surface area (Å²) in [6.45, 7) is 7.54. The summed E-state index contributed by atoms with van der Waals surface area (Å²) in [7, 11) is 0. The van der Waals surface area contributed by atoms with Crippen molar-refractivity contribution in [2.75, 3.05) is 50.7 Å². The molecule has 0 amide bonds. The fraction of sp³-hybridized carbons (Fsp3) is 0.520. The van der Waals surface area contributed by atoms with Gasteiger partial charge in [0, 0.05) is 45.3 Å². The lowest BCUT2D eigenvalue weighted by atomic mass is 9.75. The van der Waals surface area contributed by atoms with Crippen molar-refractivity contribution < 1.29 is 5.11 Å². The van der Waals surface area contributed by atoms with Crippen LogP contribution in [0.2, 0.25) is 10.0 Å². The Bertz CT molecular complexity index is 936. The normalized spacial score (nSPS) is 23.2. The van der Waals surface area contributed by atoms with E-state index in [1.165, 1.54) is 30.5 Å². The molecule has 0 radical (unpaired) electrons. The number of nitrogens with zero attached hydrogens (tertiary/aromatic N) is 3. The van der Waals surface area contributed by atoms with Gasteiger partial charge in [-0.15, -0.1) is 24.8 Å². The van der Waals surface area contributed by atoms with Crippen molar-refractivity contribution >= 4 is 53.7 Å². The number of hydrogen-bond acceptors (Lipinski definition) is 4. The summed E-state index contributed by atoms with van der Waals surface area (Å²) in [6.07, 6.45) is 4.66. The average molecular weight is 533 g/mol. The second-order valence-electron chi connectivity index (χ2n) is 9.23. The first-order valence-electron chi connectivity index (χ1n) is 11.6. The largest absolute Gasteiger partial charge is 0.508 e. The van der Waals surface area contributed by atoms with E-state index in [2.05, 4.69) is 26.8 Å². The summed E-state index contributed by atoms with van der Waals surface area (Å²) in [5.74, 6) is 1.17. The van der Waals surface area contributed by atoms with Gasteiger partial charge < -0.3 is 10.0 Å². The minimum absolute atomic E-state index is 0. The van der Waals surface area contributed by atoms with E-state index in [4.69, 9.17) is 23.2 Å². The van der Waals surface area contributed by atoms with Gasteiger partial charge in [-0.25, -0.2) is 0 Å². The van der Waals surface area contributed by atoms with Gasteiger partial charge in [0.1, 0.15) is 5.75 Å². The molecule has 8 heteroatoms. The predicted octanol–water partition coefficient (Wildman–Crippen LogP) is 5.54. The molecular formula is C25H33Cl4N3O. The SMILES string of the molecule is Cl.Cl.Oc1cccc2c1C[C@@H]1CCCN(CCN3CCN(c4cccc(Cl)c4Cl)CC3)[C@H]1C2. The molecule has 5 rings (SSSR count). The molecule has 2 aliphatic heterocycles. The van der Waals surface area contributed by atoms with Crippen molar-refractivity contribution in [3.8, 4) is 5.75 Å². The Morgan fingerprint density at radius 2 is 1.64 bits per heavy atom. The maximum absolute atomic E-state index is 10.3. The third-order valence-corrected chi connectivity index (χ3v) is 8.33. The number of aromatic hydroxyl groups is 1. The van der Waals surface area contributed by atoms with Crippen LogP contribution in [-0.2, 0) is 12.8 Å². The van der Waals surface area contributed by atoms with E-state index in [0.29, 0.717) is 27.8 Å². The van der Waals surface area contributed by atoms with Gasteiger partial charge in [-0.2, -0.15) is 0 Å². The number of likely N-dealkylation sites (tertiary alicyclic amines) is 1. The molecule has 0 spiro atoms. The molecule has 4 nitrogen and oxygen atoms in total. The van der Waals surface area contributed by atoms with Gasteiger partial charge in [-0.3, -0.25) is 9.80 Å². The zero-order chi connectivity index (χ0) is 21.4. The van der Waals surface area contributed by atoms with Crippen LogP contribution in [0.3, 0.4) is 0 Å². The molecule has 3 aliphatic rings. The minimum Gasteiger partial charge on any atom is -0.508 e. The van der Waals surface area contributed by atoms with E-state index in [9.17, 15) is 5.11 Å². The first-order chi connectivity index (χ1) is 15.1. The molecule has 2 heterocycles. The average Bonchev–Trinajstić information content (AvgIpc) is 2.79. The highest BCUT2D eigenvalue weighted by Gasteiger charge is 2.36.